The number of rotatable bonds is 5. The number of halogens is 1. The van der Waals surface area contributed by atoms with Crippen molar-refractivity contribution >= 4 is 45.6 Å². The topological polar surface area (TPSA) is 53.2 Å². The van der Waals surface area contributed by atoms with Crippen LogP contribution in [0.25, 0.3) is 0 Å². The van der Waals surface area contributed by atoms with Crippen molar-refractivity contribution < 1.29 is 4.74 Å². The molecule has 0 spiro atoms. The van der Waals surface area contributed by atoms with E-state index in [2.05, 4.69) is 74.8 Å². The summed E-state index contributed by atoms with van der Waals surface area (Å²) in [6.07, 6.45) is 1.83. The molecular formula is C22H23IN4OS. The fraction of sp³-hybridized carbons (Fsp3) is 0.273. The van der Waals surface area contributed by atoms with E-state index in [0.29, 0.717) is 11.7 Å². The van der Waals surface area contributed by atoms with E-state index in [1.165, 1.54) is 14.8 Å². The molecule has 0 amide bonds. The molecule has 2 atom stereocenters. The van der Waals surface area contributed by atoms with Crippen molar-refractivity contribution in [3.63, 3.8) is 0 Å². The van der Waals surface area contributed by atoms with Gasteiger partial charge < -0.3 is 19.9 Å². The average Bonchev–Trinajstić information content (AvgIpc) is 3.18. The van der Waals surface area contributed by atoms with Crippen LogP contribution in [0.2, 0.25) is 0 Å². The number of aryl methyl sites for hydroxylation is 2. The fourth-order valence-corrected chi connectivity index (χ4v) is 5.12. The molecule has 2 N–H and O–H groups in total. The van der Waals surface area contributed by atoms with E-state index >= 15 is 0 Å². The van der Waals surface area contributed by atoms with Crippen LogP contribution >= 0.6 is 34.8 Å². The Morgan fingerprint density at radius 3 is 2.48 bits per heavy atom. The highest BCUT2D eigenvalue weighted by atomic mass is 127. The largest absolute Gasteiger partial charge is 0.494 e. The van der Waals surface area contributed by atoms with E-state index in [-0.39, 0.29) is 12.1 Å². The van der Waals surface area contributed by atoms with E-state index in [4.69, 9.17) is 17.0 Å². The zero-order valence-corrected chi connectivity index (χ0v) is 19.5. The van der Waals surface area contributed by atoms with Crippen molar-refractivity contribution in [2.45, 2.75) is 32.9 Å². The lowest BCUT2D eigenvalue weighted by Crippen LogP contribution is -2.29. The summed E-state index contributed by atoms with van der Waals surface area (Å²) in [7, 11) is 0. The first-order valence-corrected chi connectivity index (χ1v) is 11.1. The second-order valence-electron chi connectivity index (χ2n) is 7.03. The molecule has 0 saturated carbocycles. The van der Waals surface area contributed by atoms with Crippen LogP contribution in [-0.4, -0.2) is 21.7 Å². The predicted octanol–water partition coefficient (Wildman–Crippen LogP) is 5.21. The molecule has 0 unspecified atom stereocenters. The molecule has 1 aliphatic rings. The summed E-state index contributed by atoms with van der Waals surface area (Å²) in [6.45, 7) is 6.86. The number of benzene rings is 1. The minimum Gasteiger partial charge on any atom is -0.494 e. The lowest BCUT2D eigenvalue weighted by Gasteiger charge is -2.28. The standard InChI is InChI=1S/C22H23IN4OS/c1-4-28-16-10-8-15(9-11-16)27-21(18-13(2)25-14(3)19(18)23)20(26-22(27)29)17-7-5-6-12-24-17/h5-12,20-21,25H,4H2,1-3H3,(H,26,29)/t20-,21+/m0/s1. The molecule has 3 aromatic rings. The quantitative estimate of drug-likeness (QED) is 0.359. The summed E-state index contributed by atoms with van der Waals surface area (Å²) in [4.78, 5) is 10.3. The van der Waals surface area contributed by atoms with Crippen molar-refractivity contribution in [2.24, 2.45) is 0 Å². The third-order valence-corrected chi connectivity index (χ3v) is 6.87. The van der Waals surface area contributed by atoms with Gasteiger partial charge in [-0.15, -0.1) is 0 Å². The number of hydrogen-bond acceptors (Lipinski definition) is 3. The van der Waals surface area contributed by atoms with Crippen molar-refractivity contribution in [3.05, 3.63) is 74.9 Å². The molecular weight excluding hydrogens is 495 g/mol. The first-order chi connectivity index (χ1) is 14.0. The fourth-order valence-electron chi connectivity index (χ4n) is 3.92. The predicted molar refractivity (Wildman–Crippen MR) is 129 cm³/mol. The monoisotopic (exact) mass is 518 g/mol. The van der Waals surface area contributed by atoms with Gasteiger partial charge >= 0.3 is 0 Å². The number of H-pyrrole nitrogens is 1. The first-order valence-electron chi connectivity index (χ1n) is 9.59. The van der Waals surface area contributed by atoms with Crippen LogP contribution < -0.4 is 15.0 Å². The van der Waals surface area contributed by atoms with Gasteiger partial charge in [-0.1, -0.05) is 6.07 Å². The summed E-state index contributed by atoms with van der Waals surface area (Å²) in [6, 6.07) is 14.1. The Kier molecular flexibility index (Phi) is 5.78. The lowest BCUT2D eigenvalue weighted by molar-refractivity contribution is 0.340. The number of thiocarbonyl (C=S) groups is 1. The Balaban J connectivity index is 1.83. The molecule has 7 heteroatoms. The van der Waals surface area contributed by atoms with Crippen LogP contribution in [0.15, 0.2) is 48.7 Å². The lowest BCUT2D eigenvalue weighted by atomic mass is 9.96. The maximum Gasteiger partial charge on any atom is 0.174 e. The molecule has 1 aliphatic heterocycles. The van der Waals surface area contributed by atoms with E-state index in [1.807, 2.05) is 37.4 Å². The summed E-state index contributed by atoms with van der Waals surface area (Å²) >= 11 is 8.23. The van der Waals surface area contributed by atoms with E-state index in [0.717, 1.165) is 22.8 Å². The van der Waals surface area contributed by atoms with Gasteiger partial charge in [0.25, 0.3) is 0 Å². The minimum absolute atomic E-state index is 0.00723. The summed E-state index contributed by atoms with van der Waals surface area (Å²) in [5, 5.41) is 4.22. The maximum absolute atomic E-state index is 5.80. The Bertz CT molecular complexity index is 1020. The number of anilines is 1. The van der Waals surface area contributed by atoms with Crippen LogP contribution in [0.3, 0.4) is 0 Å². The Morgan fingerprint density at radius 2 is 1.90 bits per heavy atom. The molecule has 3 heterocycles. The number of nitrogens with zero attached hydrogens (tertiary/aromatic N) is 2. The van der Waals surface area contributed by atoms with E-state index < -0.39 is 0 Å². The van der Waals surface area contributed by atoms with Crippen molar-refractivity contribution in [1.82, 2.24) is 15.3 Å². The van der Waals surface area contributed by atoms with Gasteiger partial charge in [-0.2, -0.15) is 0 Å². The Morgan fingerprint density at radius 1 is 1.14 bits per heavy atom. The van der Waals surface area contributed by atoms with Gasteiger partial charge in [-0.05, 0) is 92.0 Å². The highest BCUT2D eigenvalue weighted by molar-refractivity contribution is 14.1. The molecule has 2 aromatic heterocycles. The molecule has 0 bridgehead atoms. The number of ether oxygens (including phenoxy) is 1. The zero-order chi connectivity index (χ0) is 20.5. The van der Waals surface area contributed by atoms with Gasteiger partial charge in [-0.3, -0.25) is 4.98 Å². The van der Waals surface area contributed by atoms with Gasteiger partial charge in [-0.25, -0.2) is 0 Å². The number of aromatic nitrogens is 2. The molecule has 1 fully saturated rings. The van der Waals surface area contributed by atoms with Crippen LogP contribution in [0, 0.1) is 17.4 Å². The smallest absolute Gasteiger partial charge is 0.174 e. The van der Waals surface area contributed by atoms with Gasteiger partial charge in [0.1, 0.15) is 5.75 Å². The number of pyridine rings is 1. The summed E-state index contributed by atoms with van der Waals surface area (Å²) < 4.78 is 6.84. The van der Waals surface area contributed by atoms with Crippen molar-refractivity contribution in [2.75, 3.05) is 11.5 Å². The first kappa shape index (κ1) is 20.2. The molecule has 4 rings (SSSR count). The van der Waals surface area contributed by atoms with Gasteiger partial charge in [0.2, 0.25) is 0 Å². The Labute approximate surface area is 190 Å². The molecule has 0 aliphatic carbocycles. The second-order valence-corrected chi connectivity index (χ2v) is 8.49. The second kappa shape index (κ2) is 8.31. The molecule has 29 heavy (non-hydrogen) atoms. The molecule has 1 saturated heterocycles. The van der Waals surface area contributed by atoms with Crippen molar-refractivity contribution in [3.8, 4) is 5.75 Å². The summed E-state index contributed by atoms with van der Waals surface area (Å²) in [5.41, 5.74) is 5.58. The third kappa shape index (κ3) is 3.73. The van der Waals surface area contributed by atoms with Gasteiger partial charge in [0, 0.05) is 32.4 Å². The number of hydrogen-bond donors (Lipinski definition) is 2. The molecule has 5 nitrogen and oxygen atoms in total. The normalized spacial score (nSPS) is 18.8. The minimum atomic E-state index is -0.0438. The maximum atomic E-state index is 5.80. The van der Waals surface area contributed by atoms with Crippen LogP contribution in [0.1, 0.15) is 41.7 Å². The molecule has 0 radical (unpaired) electrons. The van der Waals surface area contributed by atoms with E-state index in [1.54, 1.807) is 0 Å². The van der Waals surface area contributed by atoms with Crippen molar-refractivity contribution in [1.29, 1.82) is 0 Å². The number of nitrogens with one attached hydrogen (secondary N) is 2. The van der Waals surface area contributed by atoms with Gasteiger partial charge in [0.05, 0.1) is 24.4 Å². The van der Waals surface area contributed by atoms with Crippen LogP contribution in [-0.2, 0) is 0 Å². The highest BCUT2D eigenvalue weighted by Crippen LogP contribution is 2.44. The third-order valence-electron chi connectivity index (χ3n) is 5.16. The van der Waals surface area contributed by atoms with Gasteiger partial charge in [0.15, 0.2) is 5.11 Å². The zero-order valence-electron chi connectivity index (χ0n) is 16.6. The summed E-state index contributed by atoms with van der Waals surface area (Å²) in [5.74, 6) is 0.857. The van der Waals surface area contributed by atoms with Crippen LogP contribution in [0.4, 0.5) is 5.69 Å². The van der Waals surface area contributed by atoms with E-state index in [9.17, 15) is 0 Å². The SMILES string of the molecule is CCOc1ccc(N2C(=S)N[C@@H](c3ccccn3)[C@H]2c2c(C)[nH]c(C)c2I)cc1. The molecule has 1 aromatic carbocycles. The average molecular weight is 518 g/mol. The van der Waals surface area contributed by atoms with Crippen LogP contribution in [0.5, 0.6) is 5.75 Å². The Hall–Kier alpha value is -2.13. The number of aromatic amines is 1. The highest BCUT2D eigenvalue weighted by Gasteiger charge is 2.42. The molecule has 150 valence electrons.